The Balaban J connectivity index is 2.06. The lowest BCUT2D eigenvalue weighted by Gasteiger charge is -2.34. The number of rotatable bonds is 13. The first-order valence-corrected chi connectivity index (χ1v) is 15.6. The molecule has 1 atom stereocenters. The Labute approximate surface area is 239 Å². The second-order valence-corrected chi connectivity index (χ2v) is 12.5. The molecular formula is C32H41N3O4S. The van der Waals surface area contributed by atoms with Gasteiger partial charge in [0.05, 0.1) is 11.9 Å². The molecule has 0 bridgehead atoms. The van der Waals surface area contributed by atoms with E-state index in [0.717, 1.165) is 32.8 Å². The number of sulfonamides is 1. The van der Waals surface area contributed by atoms with Crippen molar-refractivity contribution >= 4 is 27.5 Å². The van der Waals surface area contributed by atoms with Gasteiger partial charge in [0.25, 0.3) is 0 Å². The maximum atomic E-state index is 14.2. The van der Waals surface area contributed by atoms with Crippen LogP contribution in [0.5, 0.6) is 0 Å². The maximum Gasteiger partial charge on any atom is 0.244 e. The van der Waals surface area contributed by atoms with Crippen molar-refractivity contribution in [3.8, 4) is 0 Å². The van der Waals surface area contributed by atoms with Crippen molar-refractivity contribution in [1.29, 1.82) is 0 Å². The molecule has 0 saturated heterocycles. The number of anilines is 1. The summed E-state index contributed by atoms with van der Waals surface area (Å²) in [5.74, 6) is -0.482. The van der Waals surface area contributed by atoms with Crippen molar-refractivity contribution in [3.63, 3.8) is 0 Å². The van der Waals surface area contributed by atoms with E-state index < -0.39 is 28.5 Å². The second kappa shape index (κ2) is 14.1. The zero-order valence-corrected chi connectivity index (χ0v) is 24.9. The number of nitrogens with one attached hydrogen (secondary N) is 1. The van der Waals surface area contributed by atoms with Gasteiger partial charge in [-0.2, -0.15) is 0 Å². The van der Waals surface area contributed by atoms with Crippen molar-refractivity contribution in [2.24, 2.45) is 5.92 Å². The summed E-state index contributed by atoms with van der Waals surface area (Å²) in [6, 6.07) is 23.7. The molecule has 3 aromatic carbocycles. The van der Waals surface area contributed by atoms with E-state index >= 15 is 0 Å². The number of carbonyl (C=O) groups is 2. The van der Waals surface area contributed by atoms with Crippen LogP contribution in [-0.4, -0.2) is 50.5 Å². The van der Waals surface area contributed by atoms with E-state index in [4.69, 9.17) is 0 Å². The Hall–Kier alpha value is -3.65. The molecule has 2 amide bonds. The summed E-state index contributed by atoms with van der Waals surface area (Å²) in [6.45, 7) is 8.17. The number of nitrogens with zero attached hydrogens (tertiary/aromatic N) is 2. The van der Waals surface area contributed by atoms with Gasteiger partial charge in [0.2, 0.25) is 21.8 Å². The lowest BCUT2D eigenvalue weighted by atomic mass is 10.0. The molecule has 0 saturated carbocycles. The fourth-order valence-corrected chi connectivity index (χ4v) is 5.39. The Morgan fingerprint density at radius 2 is 1.50 bits per heavy atom. The first kappa shape index (κ1) is 30.9. The summed E-state index contributed by atoms with van der Waals surface area (Å²) < 4.78 is 27.2. The molecule has 40 heavy (non-hydrogen) atoms. The molecule has 7 nitrogen and oxygen atoms in total. The molecule has 0 fully saturated rings. The van der Waals surface area contributed by atoms with E-state index in [0.29, 0.717) is 25.1 Å². The predicted molar refractivity (Wildman–Crippen MR) is 162 cm³/mol. The van der Waals surface area contributed by atoms with Crippen LogP contribution >= 0.6 is 0 Å². The highest BCUT2D eigenvalue weighted by molar-refractivity contribution is 7.92. The first-order valence-electron chi connectivity index (χ1n) is 13.7. The highest BCUT2D eigenvalue weighted by Gasteiger charge is 2.33. The average molecular weight is 564 g/mol. The molecule has 0 radical (unpaired) electrons. The van der Waals surface area contributed by atoms with Crippen LogP contribution in [0.3, 0.4) is 0 Å². The molecule has 8 heteroatoms. The molecule has 214 valence electrons. The Morgan fingerprint density at radius 3 is 2.10 bits per heavy atom. The molecule has 1 N–H and O–H groups in total. The average Bonchev–Trinajstić information content (AvgIpc) is 2.93. The molecule has 0 aliphatic rings. The SMILES string of the molecule is CCc1ccccc1N(CC(=O)N(Cc1ccc(C)cc1)C(Cc1ccccc1)C(=O)NCC(C)C)S(C)(=O)=O. The Morgan fingerprint density at radius 1 is 0.875 bits per heavy atom. The Bertz CT molecular complexity index is 1370. The van der Waals surface area contributed by atoms with Crippen LogP contribution in [0, 0.1) is 12.8 Å². The quantitative estimate of drug-likeness (QED) is 0.326. The second-order valence-electron chi connectivity index (χ2n) is 10.6. The van der Waals surface area contributed by atoms with Crippen LogP contribution < -0.4 is 9.62 Å². The summed E-state index contributed by atoms with van der Waals surface area (Å²) >= 11 is 0. The van der Waals surface area contributed by atoms with Crippen molar-refractivity contribution < 1.29 is 18.0 Å². The van der Waals surface area contributed by atoms with Crippen molar-refractivity contribution in [2.45, 2.75) is 53.1 Å². The third kappa shape index (κ3) is 8.68. The van der Waals surface area contributed by atoms with Gasteiger partial charge < -0.3 is 10.2 Å². The highest BCUT2D eigenvalue weighted by Crippen LogP contribution is 2.24. The van der Waals surface area contributed by atoms with E-state index in [2.05, 4.69) is 5.32 Å². The van der Waals surface area contributed by atoms with Gasteiger partial charge in [-0.1, -0.05) is 99.1 Å². The van der Waals surface area contributed by atoms with Gasteiger partial charge in [-0.05, 0) is 42.0 Å². The zero-order valence-electron chi connectivity index (χ0n) is 24.1. The highest BCUT2D eigenvalue weighted by atomic mass is 32.2. The van der Waals surface area contributed by atoms with Gasteiger partial charge in [0.1, 0.15) is 12.6 Å². The summed E-state index contributed by atoms with van der Waals surface area (Å²) in [5.41, 5.74) is 4.14. The minimum atomic E-state index is -3.80. The molecule has 3 aromatic rings. The van der Waals surface area contributed by atoms with Crippen LogP contribution in [0.4, 0.5) is 5.69 Å². The van der Waals surface area contributed by atoms with Crippen LogP contribution in [0.2, 0.25) is 0 Å². The molecule has 0 aliphatic carbocycles. The number of hydrogen-bond acceptors (Lipinski definition) is 4. The third-order valence-electron chi connectivity index (χ3n) is 6.75. The topological polar surface area (TPSA) is 86.8 Å². The number of benzene rings is 3. The monoisotopic (exact) mass is 563 g/mol. The van der Waals surface area contributed by atoms with Gasteiger partial charge in [0, 0.05) is 19.5 Å². The van der Waals surface area contributed by atoms with Gasteiger partial charge in [0.15, 0.2) is 0 Å². The summed E-state index contributed by atoms with van der Waals surface area (Å²) in [6.07, 6.45) is 2.01. The molecule has 3 rings (SSSR count). The van der Waals surface area contributed by atoms with Gasteiger partial charge in [-0.15, -0.1) is 0 Å². The van der Waals surface area contributed by atoms with Crippen molar-refractivity contribution in [1.82, 2.24) is 10.2 Å². The molecule has 0 spiro atoms. The fourth-order valence-electron chi connectivity index (χ4n) is 4.51. The predicted octanol–water partition coefficient (Wildman–Crippen LogP) is 4.74. The van der Waals surface area contributed by atoms with Crippen LogP contribution in [-0.2, 0) is 39.0 Å². The van der Waals surface area contributed by atoms with E-state index in [9.17, 15) is 18.0 Å². The Kier molecular flexibility index (Phi) is 10.9. The normalized spacial score (nSPS) is 12.2. The number of carbonyl (C=O) groups excluding carboxylic acids is 2. The largest absolute Gasteiger partial charge is 0.354 e. The zero-order chi connectivity index (χ0) is 29.3. The minimum Gasteiger partial charge on any atom is -0.354 e. The van der Waals surface area contributed by atoms with Crippen LogP contribution in [0.25, 0.3) is 0 Å². The first-order chi connectivity index (χ1) is 19.0. The number of aryl methyl sites for hydroxylation is 2. The molecule has 0 aliphatic heterocycles. The fraction of sp³-hybridized carbons (Fsp3) is 0.375. The summed E-state index contributed by atoms with van der Waals surface area (Å²) in [4.78, 5) is 29.3. The minimum absolute atomic E-state index is 0.165. The molecule has 0 aromatic heterocycles. The smallest absolute Gasteiger partial charge is 0.244 e. The van der Waals surface area contributed by atoms with Crippen molar-refractivity contribution in [2.75, 3.05) is 23.7 Å². The summed E-state index contributed by atoms with van der Waals surface area (Å²) in [5, 5.41) is 3.00. The van der Waals surface area contributed by atoms with Gasteiger partial charge in [-0.3, -0.25) is 13.9 Å². The van der Waals surface area contributed by atoms with Gasteiger partial charge in [-0.25, -0.2) is 8.42 Å². The van der Waals surface area contributed by atoms with Crippen LogP contribution in [0.15, 0.2) is 78.9 Å². The summed E-state index contributed by atoms with van der Waals surface area (Å²) in [7, 11) is -3.80. The lowest BCUT2D eigenvalue weighted by molar-refractivity contribution is -0.140. The number of amides is 2. The maximum absolute atomic E-state index is 14.2. The van der Waals surface area contributed by atoms with Crippen molar-refractivity contribution in [3.05, 3.63) is 101 Å². The number of hydrogen-bond donors (Lipinski definition) is 1. The van der Waals surface area contributed by atoms with E-state index in [1.807, 2.05) is 94.4 Å². The van der Waals surface area contributed by atoms with E-state index in [1.54, 1.807) is 12.1 Å². The van der Waals surface area contributed by atoms with E-state index in [1.165, 1.54) is 4.90 Å². The third-order valence-corrected chi connectivity index (χ3v) is 7.88. The number of para-hydroxylation sites is 1. The van der Waals surface area contributed by atoms with Gasteiger partial charge >= 0.3 is 0 Å². The molecule has 0 heterocycles. The van der Waals surface area contributed by atoms with E-state index in [-0.39, 0.29) is 18.4 Å². The molecule has 1 unspecified atom stereocenters. The lowest BCUT2D eigenvalue weighted by Crippen LogP contribution is -2.53. The standard InChI is InChI=1S/C32H41N3O4S/c1-6-28-14-10-11-15-29(28)35(40(5,38)39)23-31(36)34(22-27-18-16-25(4)17-19-27)30(32(37)33-21-24(2)3)20-26-12-8-7-9-13-26/h7-19,24,30H,6,20-23H2,1-5H3,(H,33,37). The molecular weight excluding hydrogens is 522 g/mol. The van der Waals surface area contributed by atoms with Crippen LogP contribution in [0.1, 0.15) is 43.0 Å².